The molecule has 148 valence electrons. The molecule has 0 saturated carbocycles. The third-order valence-electron chi connectivity index (χ3n) is 5.25. The van der Waals surface area contributed by atoms with Crippen LogP contribution in [0.5, 0.6) is 0 Å². The molecule has 0 bridgehead atoms. The Balaban J connectivity index is 1.81. The first kappa shape index (κ1) is 19.6. The van der Waals surface area contributed by atoms with E-state index in [1.165, 1.54) is 16.3 Å². The van der Waals surface area contributed by atoms with Crippen LogP contribution in [-0.4, -0.2) is 18.3 Å². The first-order valence-electron chi connectivity index (χ1n) is 9.72. The minimum Gasteiger partial charge on any atom is -0.380 e. The van der Waals surface area contributed by atoms with Crippen molar-refractivity contribution >= 4 is 33.6 Å². The molecular weight excluding hydrogens is 372 g/mol. The number of hydrogen-bond donors (Lipinski definition) is 1. The molecule has 0 aliphatic carbocycles. The largest absolute Gasteiger partial charge is 0.380 e. The minimum atomic E-state index is 0.345. The van der Waals surface area contributed by atoms with Gasteiger partial charge >= 0.3 is 0 Å². The predicted octanol–water partition coefficient (Wildman–Crippen LogP) is 5.47. The molecule has 5 heteroatoms. The van der Waals surface area contributed by atoms with Crippen molar-refractivity contribution in [2.75, 3.05) is 12.5 Å². The lowest BCUT2D eigenvalue weighted by atomic mass is 9.93. The molecule has 4 rings (SSSR count). The maximum Gasteiger partial charge on any atom is 0.164 e. The van der Waals surface area contributed by atoms with Gasteiger partial charge in [0.2, 0.25) is 0 Å². The zero-order chi connectivity index (χ0) is 21.1. The van der Waals surface area contributed by atoms with E-state index in [2.05, 4.69) is 64.9 Å². The predicted molar refractivity (Wildman–Crippen MR) is 122 cm³/mol. The van der Waals surface area contributed by atoms with E-state index in [4.69, 9.17) is 4.74 Å². The molecule has 0 amide bonds. The normalized spacial score (nSPS) is 11.3. The van der Waals surface area contributed by atoms with Crippen LogP contribution in [0.4, 0.5) is 5.82 Å². The molecule has 0 radical (unpaired) electrons. The number of hydrogen-bond acceptors (Lipinski definition) is 5. The van der Waals surface area contributed by atoms with Crippen molar-refractivity contribution in [1.29, 1.82) is 5.26 Å². The van der Waals surface area contributed by atoms with Gasteiger partial charge in [-0.2, -0.15) is 10.4 Å². The summed E-state index contributed by atoms with van der Waals surface area (Å²) in [5, 5.41) is 18.7. The SMILES string of the molecule is COCc1cc(C)nc(N/N=C/c2c3ccccc3c(C)c3ccccc23)c1C#N. The number of nitrogens with one attached hydrogen (secondary N) is 1. The highest BCUT2D eigenvalue weighted by molar-refractivity contribution is 6.15. The van der Waals surface area contributed by atoms with Crippen LogP contribution in [0.1, 0.15) is 27.9 Å². The smallest absolute Gasteiger partial charge is 0.164 e. The highest BCUT2D eigenvalue weighted by atomic mass is 16.5. The molecule has 5 nitrogen and oxygen atoms in total. The van der Waals surface area contributed by atoms with Crippen molar-refractivity contribution in [2.45, 2.75) is 20.5 Å². The van der Waals surface area contributed by atoms with Crippen LogP contribution in [-0.2, 0) is 11.3 Å². The van der Waals surface area contributed by atoms with Gasteiger partial charge in [-0.15, -0.1) is 0 Å². The van der Waals surface area contributed by atoms with E-state index in [1.54, 1.807) is 7.11 Å². The van der Waals surface area contributed by atoms with Gasteiger partial charge in [-0.3, -0.25) is 5.43 Å². The Morgan fingerprint density at radius 2 is 1.63 bits per heavy atom. The highest BCUT2D eigenvalue weighted by Gasteiger charge is 2.12. The fourth-order valence-corrected chi connectivity index (χ4v) is 3.89. The van der Waals surface area contributed by atoms with Crippen molar-refractivity contribution in [3.05, 3.63) is 82.5 Å². The van der Waals surface area contributed by atoms with Gasteiger partial charge in [0.05, 0.1) is 12.8 Å². The molecule has 4 aromatic rings. The summed E-state index contributed by atoms with van der Waals surface area (Å²) in [5.41, 5.74) is 7.29. The summed E-state index contributed by atoms with van der Waals surface area (Å²) in [6.45, 7) is 4.38. The fraction of sp³-hybridized carbons (Fsp3) is 0.160. The van der Waals surface area contributed by atoms with Crippen molar-refractivity contribution in [3.8, 4) is 6.07 Å². The second-order valence-electron chi connectivity index (χ2n) is 7.19. The second-order valence-corrected chi connectivity index (χ2v) is 7.19. The monoisotopic (exact) mass is 394 g/mol. The van der Waals surface area contributed by atoms with Crippen LogP contribution in [0.2, 0.25) is 0 Å². The third kappa shape index (κ3) is 3.49. The van der Waals surface area contributed by atoms with Gasteiger partial charge in [-0.05, 0) is 47.0 Å². The Kier molecular flexibility index (Phi) is 5.42. The Hall–Kier alpha value is -3.75. The Labute approximate surface area is 175 Å². The average Bonchev–Trinajstić information content (AvgIpc) is 2.76. The average molecular weight is 394 g/mol. The molecule has 1 N–H and O–H groups in total. The zero-order valence-corrected chi connectivity index (χ0v) is 17.2. The van der Waals surface area contributed by atoms with E-state index in [9.17, 15) is 5.26 Å². The summed E-state index contributed by atoms with van der Waals surface area (Å²) in [5.74, 6) is 0.432. The molecule has 0 aliphatic heterocycles. The van der Waals surface area contributed by atoms with E-state index >= 15 is 0 Å². The topological polar surface area (TPSA) is 70.3 Å². The molecule has 30 heavy (non-hydrogen) atoms. The van der Waals surface area contributed by atoms with Gasteiger partial charge in [0.25, 0.3) is 0 Å². The molecule has 1 aromatic heterocycles. The van der Waals surface area contributed by atoms with Crippen LogP contribution in [0.15, 0.2) is 59.7 Å². The summed E-state index contributed by atoms with van der Waals surface area (Å²) in [4.78, 5) is 4.45. The van der Waals surface area contributed by atoms with E-state index < -0.39 is 0 Å². The maximum atomic E-state index is 9.61. The van der Waals surface area contributed by atoms with E-state index in [0.29, 0.717) is 18.0 Å². The van der Waals surface area contributed by atoms with Crippen LogP contribution in [0.25, 0.3) is 21.5 Å². The number of ether oxygens (including phenoxy) is 1. The van der Waals surface area contributed by atoms with Crippen molar-refractivity contribution < 1.29 is 4.74 Å². The third-order valence-corrected chi connectivity index (χ3v) is 5.25. The summed E-state index contributed by atoms with van der Waals surface area (Å²) in [6.07, 6.45) is 1.81. The number of fused-ring (bicyclic) bond motifs is 2. The molecule has 0 unspecified atom stereocenters. The van der Waals surface area contributed by atoms with Crippen LogP contribution < -0.4 is 5.43 Å². The number of methoxy groups -OCH3 is 1. The lowest BCUT2D eigenvalue weighted by molar-refractivity contribution is 0.184. The Morgan fingerprint density at radius 1 is 1.03 bits per heavy atom. The number of rotatable bonds is 5. The Morgan fingerprint density at radius 3 is 2.20 bits per heavy atom. The summed E-state index contributed by atoms with van der Waals surface area (Å²) < 4.78 is 5.22. The van der Waals surface area contributed by atoms with Gasteiger partial charge in [0.15, 0.2) is 5.82 Å². The first-order valence-corrected chi connectivity index (χ1v) is 9.72. The van der Waals surface area contributed by atoms with E-state index in [1.807, 2.05) is 31.3 Å². The van der Waals surface area contributed by atoms with Crippen molar-refractivity contribution in [1.82, 2.24) is 4.98 Å². The van der Waals surface area contributed by atoms with Gasteiger partial charge in [-0.25, -0.2) is 4.98 Å². The Bertz CT molecular complexity index is 1260. The number of nitrogens with zero attached hydrogens (tertiary/aromatic N) is 3. The first-order chi connectivity index (χ1) is 14.6. The molecular formula is C25H22N4O. The minimum absolute atomic E-state index is 0.345. The van der Waals surface area contributed by atoms with Crippen molar-refractivity contribution in [3.63, 3.8) is 0 Å². The van der Waals surface area contributed by atoms with Gasteiger partial charge in [0.1, 0.15) is 11.6 Å². The van der Waals surface area contributed by atoms with Crippen LogP contribution in [0, 0.1) is 25.2 Å². The number of benzene rings is 3. The summed E-state index contributed by atoms with van der Waals surface area (Å²) in [7, 11) is 1.61. The number of pyridine rings is 1. The zero-order valence-electron chi connectivity index (χ0n) is 17.2. The van der Waals surface area contributed by atoms with Gasteiger partial charge in [0, 0.05) is 23.9 Å². The lowest BCUT2D eigenvalue weighted by Gasteiger charge is -2.12. The fourth-order valence-electron chi connectivity index (χ4n) is 3.89. The number of aromatic nitrogens is 1. The molecule has 0 fully saturated rings. The number of nitriles is 1. The molecule has 0 saturated heterocycles. The number of aryl methyl sites for hydroxylation is 2. The van der Waals surface area contributed by atoms with Crippen LogP contribution in [0.3, 0.4) is 0 Å². The second kappa shape index (κ2) is 8.32. The maximum absolute atomic E-state index is 9.61. The quantitative estimate of drug-likeness (QED) is 0.277. The number of anilines is 1. The molecule has 1 heterocycles. The van der Waals surface area contributed by atoms with E-state index in [-0.39, 0.29) is 0 Å². The molecule has 3 aromatic carbocycles. The van der Waals surface area contributed by atoms with Gasteiger partial charge in [-0.1, -0.05) is 48.5 Å². The van der Waals surface area contributed by atoms with E-state index in [0.717, 1.165) is 27.6 Å². The highest BCUT2D eigenvalue weighted by Crippen LogP contribution is 2.31. The molecule has 0 atom stereocenters. The number of hydrazone groups is 1. The molecule has 0 aliphatic rings. The standard InChI is InChI=1S/C25H22N4O/c1-16-12-18(15-30-3)23(13-26)25(28-16)29-27-14-24-21-10-6-4-8-19(21)17(2)20-9-5-7-11-22(20)24/h4-12,14H,15H2,1-3H3,(H,28,29)/b27-14+. The van der Waals surface area contributed by atoms with Crippen molar-refractivity contribution in [2.24, 2.45) is 5.10 Å². The molecule has 0 spiro atoms. The summed E-state index contributed by atoms with van der Waals surface area (Å²) >= 11 is 0. The lowest BCUT2D eigenvalue weighted by Crippen LogP contribution is -2.03. The van der Waals surface area contributed by atoms with Gasteiger partial charge < -0.3 is 4.74 Å². The summed E-state index contributed by atoms with van der Waals surface area (Å²) in [6, 6.07) is 20.7. The van der Waals surface area contributed by atoms with Crippen LogP contribution >= 0.6 is 0 Å².